The first-order valence-electron chi connectivity index (χ1n) is 10.0. The summed E-state index contributed by atoms with van der Waals surface area (Å²) >= 11 is 0. The fraction of sp³-hybridized carbons (Fsp3) is 0.682. The van der Waals surface area contributed by atoms with Crippen molar-refractivity contribution in [2.75, 3.05) is 26.8 Å². The number of carbonyl (C=O) groups excluding carboxylic acids is 1. The highest BCUT2D eigenvalue weighted by molar-refractivity contribution is 5.77. The SMILES string of the molecule is CCOC(=O)C1(CC2CC2)CCN(Cc2ccc(OC)c(C)c2C)CC1. The largest absolute Gasteiger partial charge is 0.496 e. The van der Waals surface area contributed by atoms with Gasteiger partial charge >= 0.3 is 5.97 Å². The van der Waals surface area contributed by atoms with Crippen LogP contribution in [-0.2, 0) is 16.1 Å². The number of nitrogens with zero attached hydrogens (tertiary/aromatic N) is 1. The van der Waals surface area contributed by atoms with Crippen LogP contribution in [0, 0.1) is 25.2 Å². The molecule has 0 bridgehead atoms. The molecule has 1 aromatic carbocycles. The van der Waals surface area contributed by atoms with Gasteiger partial charge in [-0.3, -0.25) is 9.69 Å². The number of benzene rings is 1. The van der Waals surface area contributed by atoms with Gasteiger partial charge in [-0.1, -0.05) is 18.9 Å². The molecule has 0 N–H and O–H groups in total. The second kappa shape index (κ2) is 7.99. The van der Waals surface area contributed by atoms with E-state index in [0.29, 0.717) is 6.61 Å². The van der Waals surface area contributed by atoms with Gasteiger partial charge in [0.2, 0.25) is 0 Å². The molecule has 0 amide bonds. The van der Waals surface area contributed by atoms with Gasteiger partial charge in [-0.15, -0.1) is 0 Å². The van der Waals surface area contributed by atoms with Crippen LogP contribution in [0.3, 0.4) is 0 Å². The van der Waals surface area contributed by atoms with Crippen LogP contribution in [0.25, 0.3) is 0 Å². The molecule has 2 fully saturated rings. The Hall–Kier alpha value is -1.55. The molecule has 1 heterocycles. The molecule has 0 aromatic heterocycles. The van der Waals surface area contributed by atoms with E-state index in [4.69, 9.17) is 9.47 Å². The molecular formula is C22H33NO3. The zero-order chi connectivity index (χ0) is 18.7. The molecule has 0 unspecified atom stereocenters. The molecule has 0 radical (unpaired) electrons. The fourth-order valence-corrected chi connectivity index (χ4v) is 4.27. The lowest BCUT2D eigenvalue weighted by atomic mass is 9.74. The quantitative estimate of drug-likeness (QED) is 0.682. The Morgan fingerprint density at radius 3 is 2.46 bits per heavy atom. The van der Waals surface area contributed by atoms with Crippen molar-refractivity contribution in [3.63, 3.8) is 0 Å². The minimum atomic E-state index is -0.238. The van der Waals surface area contributed by atoms with Crippen molar-refractivity contribution in [1.29, 1.82) is 0 Å². The topological polar surface area (TPSA) is 38.8 Å². The summed E-state index contributed by atoms with van der Waals surface area (Å²) in [6.45, 7) is 9.57. The molecule has 1 saturated heterocycles. The number of carbonyl (C=O) groups is 1. The normalized spacial score (nSPS) is 20.0. The molecule has 1 aromatic rings. The summed E-state index contributed by atoms with van der Waals surface area (Å²) < 4.78 is 10.9. The summed E-state index contributed by atoms with van der Waals surface area (Å²) in [5.41, 5.74) is 3.65. The number of methoxy groups -OCH3 is 1. The van der Waals surface area contributed by atoms with Crippen LogP contribution in [0.5, 0.6) is 5.75 Å². The van der Waals surface area contributed by atoms with E-state index in [2.05, 4.69) is 30.9 Å². The molecular weight excluding hydrogens is 326 g/mol. The number of hydrogen-bond donors (Lipinski definition) is 0. The van der Waals surface area contributed by atoms with Gasteiger partial charge in [0, 0.05) is 6.54 Å². The van der Waals surface area contributed by atoms with E-state index < -0.39 is 0 Å². The van der Waals surface area contributed by atoms with Crippen LogP contribution in [0.4, 0.5) is 0 Å². The van der Waals surface area contributed by atoms with Gasteiger partial charge in [0.1, 0.15) is 5.75 Å². The fourth-order valence-electron chi connectivity index (χ4n) is 4.27. The lowest BCUT2D eigenvalue weighted by Crippen LogP contribution is -2.45. The van der Waals surface area contributed by atoms with Crippen LogP contribution in [-0.4, -0.2) is 37.7 Å². The predicted molar refractivity (Wildman–Crippen MR) is 103 cm³/mol. The standard InChI is InChI=1S/C22H33NO3/c1-5-26-21(24)22(14-18-6-7-18)10-12-23(13-11-22)15-19-8-9-20(25-4)17(3)16(19)2/h8-9,18H,5-7,10-15H2,1-4H3. The van der Waals surface area contributed by atoms with Crippen molar-refractivity contribution in [2.45, 2.75) is 59.4 Å². The van der Waals surface area contributed by atoms with Gasteiger partial charge in [-0.25, -0.2) is 0 Å². The van der Waals surface area contributed by atoms with E-state index in [1.165, 1.54) is 29.5 Å². The smallest absolute Gasteiger partial charge is 0.312 e. The van der Waals surface area contributed by atoms with Crippen LogP contribution in [0.2, 0.25) is 0 Å². The zero-order valence-electron chi connectivity index (χ0n) is 16.8. The first-order valence-corrected chi connectivity index (χ1v) is 10.0. The lowest BCUT2D eigenvalue weighted by molar-refractivity contribution is -0.159. The minimum absolute atomic E-state index is 0.0445. The van der Waals surface area contributed by atoms with E-state index in [0.717, 1.165) is 50.6 Å². The highest BCUT2D eigenvalue weighted by Crippen LogP contribution is 2.46. The molecule has 4 nitrogen and oxygen atoms in total. The maximum absolute atomic E-state index is 12.7. The van der Waals surface area contributed by atoms with Crippen LogP contribution in [0.15, 0.2) is 12.1 Å². The summed E-state index contributed by atoms with van der Waals surface area (Å²) in [4.78, 5) is 15.1. The number of likely N-dealkylation sites (tertiary alicyclic amines) is 1. The summed E-state index contributed by atoms with van der Waals surface area (Å²) in [6, 6.07) is 4.25. The number of hydrogen-bond acceptors (Lipinski definition) is 4. The lowest BCUT2D eigenvalue weighted by Gasteiger charge is -2.40. The molecule has 3 rings (SSSR count). The maximum Gasteiger partial charge on any atom is 0.312 e. The molecule has 1 aliphatic carbocycles. The average molecular weight is 360 g/mol. The Morgan fingerprint density at radius 2 is 1.88 bits per heavy atom. The van der Waals surface area contributed by atoms with Crippen molar-refractivity contribution in [3.8, 4) is 5.75 Å². The third kappa shape index (κ3) is 4.06. The van der Waals surface area contributed by atoms with E-state index in [9.17, 15) is 4.79 Å². The van der Waals surface area contributed by atoms with Crippen molar-refractivity contribution >= 4 is 5.97 Å². The van der Waals surface area contributed by atoms with Gasteiger partial charge < -0.3 is 9.47 Å². The minimum Gasteiger partial charge on any atom is -0.496 e. The maximum atomic E-state index is 12.7. The van der Waals surface area contributed by atoms with Gasteiger partial charge in [0.25, 0.3) is 0 Å². The van der Waals surface area contributed by atoms with Crippen LogP contribution < -0.4 is 4.74 Å². The van der Waals surface area contributed by atoms with Crippen molar-refractivity contribution in [1.82, 2.24) is 4.90 Å². The molecule has 4 heteroatoms. The molecule has 26 heavy (non-hydrogen) atoms. The highest BCUT2D eigenvalue weighted by Gasteiger charge is 2.46. The summed E-state index contributed by atoms with van der Waals surface area (Å²) in [7, 11) is 1.72. The first kappa shape index (κ1) is 19.2. The molecule has 0 atom stereocenters. The van der Waals surface area contributed by atoms with E-state index >= 15 is 0 Å². The second-order valence-corrected chi connectivity index (χ2v) is 8.10. The van der Waals surface area contributed by atoms with Crippen molar-refractivity contribution in [2.24, 2.45) is 11.3 Å². The second-order valence-electron chi connectivity index (χ2n) is 8.10. The molecule has 144 valence electrons. The van der Waals surface area contributed by atoms with E-state index in [-0.39, 0.29) is 11.4 Å². The van der Waals surface area contributed by atoms with Gasteiger partial charge in [0.15, 0.2) is 0 Å². The Morgan fingerprint density at radius 1 is 1.19 bits per heavy atom. The highest BCUT2D eigenvalue weighted by atomic mass is 16.5. The van der Waals surface area contributed by atoms with E-state index in [1.807, 2.05) is 6.92 Å². The molecule has 0 spiro atoms. The third-order valence-corrected chi connectivity index (χ3v) is 6.36. The van der Waals surface area contributed by atoms with Gasteiger partial charge in [0.05, 0.1) is 19.1 Å². The third-order valence-electron chi connectivity index (χ3n) is 6.36. The Balaban J connectivity index is 1.65. The molecule has 1 saturated carbocycles. The zero-order valence-corrected chi connectivity index (χ0v) is 16.8. The Bertz CT molecular complexity index is 643. The summed E-state index contributed by atoms with van der Waals surface area (Å²) in [6.07, 6.45) is 5.46. The Kier molecular flexibility index (Phi) is 5.91. The van der Waals surface area contributed by atoms with Crippen molar-refractivity contribution in [3.05, 3.63) is 28.8 Å². The van der Waals surface area contributed by atoms with Gasteiger partial charge in [-0.05, 0) is 81.8 Å². The average Bonchev–Trinajstić information content (AvgIpc) is 3.45. The van der Waals surface area contributed by atoms with E-state index in [1.54, 1.807) is 7.11 Å². The monoisotopic (exact) mass is 359 g/mol. The number of esters is 1. The number of rotatable bonds is 7. The number of ether oxygens (including phenoxy) is 2. The molecule has 1 aliphatic heterocycles. The van der Waals surface area contributed by atoms with Crippen molar-refractivity contribution < 1.29 is 14.3 Å². The Labute approximate surface area is 157 Å². The van der Waals surface area contributed by atoms with Crippen LogP contribution in [0.1, 0.15) is 55.7 Å². The van der Waals surface area contributed by atoms with Gasteiger partial charge in [-0.2, -0.15) is 0 Å². The molecule has 2 aliphatic rings. The summed E-state index contributed by atoms with van der Waals surface area (Å²) in [5, 5.41) is 0. The number of piperidine rings is 1. The summed E-state index contributed by atoms with van der Waals surface area (Å²) in [5.74, 6) is 1.75. The predicted octanol–water partition coefficient (Wildman–Crippen LogP) is 4.26. The first-order chi connectivity index (χ1) is 12.5. The van der Waals surface area contributed by atoms with Crippen LogP contribution >= 0.6 is 0 Å².